The third-order valence-electron chi connectivity index (χ3n) is 7.57. The van der Waals surface area contributed by atoms with Crippen LogP contribution < -0.4 is 5.32 Å². The lowest BCUT2D eigenvalue weighted by Crippen LogP contribution is -2.56. The monoisotopic (exact) mass is 507 g/mol. The molecule has 5 rings (SSSR count). The van der Waals surface area contributed by atoms with E-state index in [1.54, 1.807) is 12.3 Å². The van der Waals surface area contributed by atoms with Crippen LogP contribution in [-0.2, 0) is 26.2 Å². The molecular formula is C33H33NO4. The van der Waals surface area contributed by atoms with Gasteiger partial charge in [-0.05, 0) is 34.1 Å². The molecule has 194 valence electrons. The number of nitrogens with one attached hydrogen (secondary N) is 1. The second kappa shape index (κ2) is 10.4. The van der Waals surface area contributed by atoms with Gasteiger partial charge in [0.15, 0.2) is 5.78 Å². The zero-order valence-corrected chi connectivity index (χ0v) is 21.8. The van der Waals surface area contributed by atoms with Crippen LogP contribution in [0.15, 0.2) is 109 Å². The number of rotatable bonds is 8. The smallest absolute Gasteiger partial charge is 0.253 e. The first-order valence-electron chi connectivity index (χ1n) is 13.0. The summed E-state index contributed by atoms with van der Waals surface area (Å²) in [4.78, 5) is 26.8. The van der Waals surface area contributed by atoms with Crippen LogP contribution in [0.2, 0.25) is 0 Å². The quantitative estimate of drug-likeness (QED) is 0.442. The zero-order valence-electron chi connectivity index (χ0n) is 21.8. The first-order chi connectivity index (χ1) is 18.2. The number of ketones is 1. The number of aliphatic hydroxyl groups is 1. The van der Waals surface area contributed by atoms with E-state index in [-0.39, 0.29) is 31.1 Å². The highest BCUT2D eigenvalue weighted by Gasteiger charge is 2.44. The van der Waals surface area contributed by atoms with Gasteiger partial charge in [-0.25, -0.2) is 0 Å². The van der Waals surface area contributed by atoms with Crippen LogP contribution in [0.5, 0.6) is 0 Å². The van der Waals surface area contributed by atoms with E-state index in [1.165, 1.54) is 0 Å². The molecule has 3 unspecified atom stereocenters. The number of carbonyl (C=O) groups is 2. The summed E-state index contributed by atoms with van der Waals surface area (Å²) in [6.07, 6.45) is 5.38. The second-order valence-electron chi connectivity index (χ2n) is 10.9. The highest BCUT2D eigenvalue weighted by molar-refractivity contribution is 5.97. The van der Waals surface area contributed by atoms with Crippen LogP contribution in [0.4, 0.5) is 0 Å². The number of hydrogen-bond acceptors (Lipinski definition) is 4. The Morgan fingerprint density at radius 1 is 0.947 bits per heavy atom. The maximum atomic E-state index is 13.8. The fraction of sp³-hybridized carbons (Fsp3) is 0.273. The molecule has 0 radical (unpaired) electrons. The highest BCUT2D eigenvalue weighted by atomic mass is 16.5. The van der Waals surface area contributed by atoms with Gasteiger partial charge in [0.2, 0.25) is 0 Å². The van der Waals surface area contributed by atoms with Gasteiger partial charge in [0.05, 0.1) is 12.2 Å². The number of Topliss-reactive ketones (excluding diaryl/α,β-unsaturated/α-hetero) is 1. The van der Waals surface area contributed by atoms with Gasteiger partial charge in [-0.1, -0.05) is 111 Å². The zero-order chi connectivity index (χ0) is 26.8. The summed E-state index contributed by atoms with van der Waals surface area (Å²) in [5.41, 5.74) is 2.60. The Morgan fingerprint density at radius 3 is 2.26 bits per heavy atom. The minimum absolute atomic E-state index is 0.118. The van der Waals surface area contributed by atoms with E-state index in [0.29, 0.717) is 0 Å². The third-order valence-corrected chi connectivity index (χ3v) is 7.57. The fourth-order valence-corrected chi connectivity index (χ4v) is 5.46. The third kappa shape index (κ3) is 5.34. The average molecular weight is 508 g/mol. The number of benzene rings is 3. The molecule has 1 aliphatic carbocycles. The minimum atomic E-state index is -1.75. The Balaban J connectivity index is 1.41. The molecule has 5 nitrogen and oxygen atoms in total. The molecule has 3 atom stereocenters. The van der Waals surface area contributed by atoms with Gasteiger partial charge >= 0.3 is 0 Å². The van der Waals surface area contributed by atoms with Crippen molar-refractivity contribution >= 4 is 11.7 Å². The highest BCUT2D eigenvalue weighted by Crippen LogP contribution is 2.35. The largest absolute Gasteiger partial charge is 0.500 e. The van der Waals surface area contributed by atoms with Crippen LogP contribution in [-0.4, -0.2) is 35.0 Å². The van der Waals surface area contributed by atoms with E-state index in [0.717, 1.165) is 27.8 Å². The van der Waals surface area contributed by atoms with Gasteiger partial charge in [0.25, 0.3) is 5.91 Å². The van der Waals surface area contributed by atoms with Crippen molar-refractivity contribution in [1.82, 2.24) is 5.32 Å². The van der Waals surface area contributed by atoms with E-state index in [2.05, 4.69) is 5.32 Å². The number of amides is 1. The van der Waals surface area contributed by atoms with Crippen LogP contribution in [0, 0.1) is 5.92 Å². The molecule has 2 aliphatic rings. The Bertz CT molecular complexity index is 1360. The predicted molar refractivity (Wildman–Crippen MR) is 148 cm³/mol. The summed E-state index contributed by atoms with van der Waals surface area (Å²) in [6.45, 7) is 4.33. The topological polar surface area (TPSA) is 75.6 Å². The predicted octanol–water partition coefficient (Wildman–Crippen LogP) is 5.15. The van der Waals surface area contributed by atoms with Crippen LogP contribution in [0.3, 0.4) is 0 Å². The lowest BCUT2D eigenvalue weighted by Gasteiger charge is -2.37. The van der Waals surface area contributed by atoms with Gasteiger partial charge in [0, 0.05) is 12.0 Å². The van der Waals surface area contributed by atoms with E-state index in [4.69, 9.17) is 4.74 Å². The fourth-order valence-electron chi connectivity index (χ4n) is 5.46. The summed E-state index contributed by atoms with van der Waals surface area (Å²) < 4.78 is 5.32. The molecule has 0 bridgehead atoms. The lowest BCUT2D eigenvalue weighted by atomic mass is 9.73. The summed E-state index contributed by atoms with van der Waals surface area (Å²) in [5, 5.41) is 14.9. The number of allylic oxidation sites excluding steroid dienone is 1. The van der Waals surface area contributed by atoms with E-state index in [1.807, 2.05) is 105 Å². The standard InChI is InChI=1S/C33H33NO4/c1-32(2,27-11-7-4-8-12-27)22-33(37,19-23-13-15-25(16-14-23)24-9-5-3-6-10-24)31(36)34-29-18-17-26-20-38-21-28(26)30(29)35/h3-18,20,28-29,37H,19,21-22H2,1-2H3,(H,34,36). The molecule has 0 aromatic heterocycles. The van der Waals surface area contributed by atoms with E-state index in [9.17, 15) is 14.7 Å². The Hall–Kier alpha value is -3.96. The van der Waals surface area contributed by atoms with Crippen molar-refractivity contribution in [2.45, 2.75) is 43.7 Å². The second-order valence-corrected chi connectivity index (χ2v) is 10.9. The van der Waals surface area contributed by atoms with Crippen molar-refractivity contribution < 1.29 is 19.4 Å². The first-order valence-corrected chi connectivity index (χ1v) is 13.0. The van der Waals surface area contributed by atoms with E-state index >= 15 is 0 Å². The van der Waals surface area contributed by atoms with Gasteiger partial charge in [-0.15, -0.1) is 0 Å². The number of carbonyl (C=O) groups excluding carboxylic acids is 2. The number of ether oxygens (including phenoxy) is 1. The van der Waals surface area contributed by atoms with Crippen LogP contribution in [0.1, 0.15) is 31.4 Å². The molecular weight excluding hydrogens is 474 g/mol. The van der Waals surface area contributed by atoms with Gasteiger partial charge in [-0.3, -0.25) is 9.59 Å². The molecule has 1 amide bonds. The van der Waals surface area contributed by atoms with Crippen molar-refractivity contribution in [1.29, 1.82) is 0 Å². The molecule has 1 heterocycles. The van der Waals surface area contributed by atoms with Gasteiger partial charge in [-0.2, -0.15) is 0 Å². The molecule has 0 saturated carbocycles. The van der Waals surface area contributed by atoms with Crippen LogP contribution in [0.25, 0.3) is 11.1 Å². The lowest BCUT2D eigenvalue weighted by molar-refractivity contribution is -0.144. The summed E-state index contributed by atoms with van der Waals surface area (Å²) in [5.74, 6) is -1.06. The van der Waals surface area contributed by atoms with Crippen molar-refractivity contribution in [3.05, 3.63) is 120 Å². The van der Waals surface area contributed by atoms with Gasteiger partial charge in [0.1, 0.15) is 18.2 Å². The van der Waals surface area contributed by atoms with Crippen molar-refractivity contribution in [3.8, 4) is 11.1 Å². The van der Waals surface area contributed by atoms with Crippen molar-refractivity contribution in [2.75, 3.05) is 6.61 Å². The Morgan fingerprint density at radius 2 is 1.58 bits per heavy atom. The molecule has 2 N–H and O–H groups in total. The summed E-state index contributed by atoms with van der Waals surface area (Å²) in [7, 11) is 0. The minimum Gasteiger partial charge on any atom is -0.500 e. The van der Waals surface area contributed by atoms with Gasteiger partial charge < -0.3 is 15.2 Å². The maximum absolute atomic E-state index is 13.8. The molecule has 0 fully saturated rings. The summed E-state index contributed by atoms with van der Waals surface area (Å²) in [6, 6.07) is 27.1. The molecule has 5 heteroatoms. The SMILES string of the molecule is CC(C)(CC(O)(Cc1ccc(-c2ccccc2)cc1)C(=O)NC1C=CC2=COCC2C1=O)c1ccccc1. The molecule has 3 aromatic carbocycles. The molecule has 1 aliphatic heterocycles. The molecule has 0 saturated heterocycles. The van der Waals surface area contributed by atoms with Crippen molar-refractivity contribution in [2.24, 2.45) is 5.92 Å². The number of hydrogen-bond donors (Lipinski definition) is 2. The Kier molecular flexibility index (Phi) is 7.04. The summed E-state index contributed by atoms with van der Waals surface area (Å²) >= 11 is 0. The Labute approximate surface area is 223 Å². The van der Waals surface area contributed by atoms with Crippen LogP contribution >= 0.6 is 0 Å². The van der Waals surface area contributed by atoms with E-state index < -0.39 is 23.0 Å². The number of fused-ring (bicyclic) bond motifs is 1. The molecule has 38 heavy (non-hydrogen) atoms. The molecule has 3 aromatic rings. The average Bonchev–Trinajstić information content (AvgIpc) is 3.41. The normalized spacial score (nSPS) is 20.2. The molecule has 0 spiro atoms. The maximum Gasteiger partial charge on any atom is 0.253 e. The first kappa shape index (κ1) is 25.7. The van der Waals surface area contributed by atoms with Crippen molar-refractivity contribution in [3.63, 3.8) is 0 Å².